The monoisotopic (exact) mass is 910 g/mol. The van der Waals surface area contributed by atoms with Gasteiger partial charge in [-0.1, -0.05) is 159 Å². The third-order valence-corrected chi connectivity index (χ3v) is 14.4. The van der Waals surface area contributed by atoms with Gasteiger partial charge in [0.1, 0.15) is 37.4 Å². The van der Waals surface area contributed by atoms with Crippen LogP contribution in [0.15, 0.2) is 97.1 Å². The van der Waals surface area contributed by atoms with Gasteiger partial charge < -0.3 is 41.0 Å². The van der Waals surface area contributed by atoms with Crippen molar-refractivity contribution in [1.82, 2.24) is 21.3 Å². The van der Waals surface area contributed by atoms with E-state index in [0.717, 1.165) is 66.1 Å². The summed E-state index contributed by atoms with van der Waals surface area (Å²) in [7, 11) is 2.17. The maximum atomic E-state index is 13.7. The van der Waals surface area contributed by atoms with Crippen LogP contribution in [-0.2, 0) is 28.7 Å². The van der Waals surface area contributed by atoms with E-state index >= 15 is 0 Å². The summed E-state index contributed by atoms with van der Waals surface area (Å²) in [6.07, 6.45) is -0.845. The first-order chi connectivity index (χ1) is 30.8. The zero-order valence-electron chi connectivity index (χ0n) is 36.1. The number of hydrogen-bond acceptors (Lipinski definition) is 10. The Bertz CT molecular complexity index is 2090. The summed E-state index contributed by atoms with van der Waals surface area (Å²) >= 11 is 0. The van der Waals surface area contributed by atoms with Crippen LogP contribution in [0.3, 0.4) is 0 Å². The fraction of sp³-hybridized carbons (Fsp3) is 0.375. The molecule has 2 aliphatic carbocycles. The van der Waals surface area contributed by atoms with Crippen molar-refractivity contribution in [1.29, 1.82) is 0 Å². The smallest absolute Gasteiger partial charge is 0.407 e. The Morgan fingerprint density at radius 2 is 0.812 bits per heavy atom. The molecule has 0 fully saturated rings. The molecule has 0 spiro atoms. The molecule has 4 aromatic rings. The molecule has 14 nitrogen and oxygen atoms in total. The number of benzene rings is 4. The molecule has 0 saturated carbocycles. The average Bonchev–Trinajstić information content (AvgIpc) is 3.80. The van der Waals surface area contributed by atoms with E-state index in [9.17, 15) is 39.0 Å². The lowest BCUT2D eigenvalue weighted by atomic mass is 9.98. The minimum atomic E-state index is -1.27. The fourth-order valence-corrected chi connectivity index (χ4v) is 10.4. The third kappa shape index (κ3) is 11.2. The largest absolute Gasteiger partial charge is 0.480 e. The summed E-state index contributed by atoms with van der Waals surface area (Å²) in [5, 5.41) is 30.2. The minimum Gasteiger partial charge on any atom is -0.480 e. The molecule has 6 unspecified atom stereocenters. The van der Waals surface area contributed by atoms with Gasteiger partial charge in [-0.3, -0.25) is 9.59 Å². The fourth-order valence-electron chi connectivity index (χ4n) is 8.04. The number of carbonyl (C=O) groups excluding carboxylic acids is 4. The molecule has 6 N–H and O–H groups in total. The number of aliphatic carboxylic acids is 2. The number of amides is 4. The topological polar surface area (TPSA) is 209 Å². The molecule has 2 aliphatic rings. The molecule has 0 aliphatic heterocycles. The number of ether oxygens (including phenoxy) is 2. The molecular weight excluding hydrogens is 857 g/mol. The van der Waals surface area contributed by atoms with E-state index in [1.807, 2.05) is 97.1 Å². The quantitative estimate of drug-likeness (QED) is 0.0357. The van der Waals surface area contributed by atoms with Gasteiger partial charge in [-0.25, -0.2) is 19.2 Å². The summed E-state index contributed by atoms with van der Waals surface area (Å²) in [5.74, 6) is -5.50. The van der Waals surface area contributed by atoms with Gasteiger partial charge in [0.15, 0.2) is 0 Å². The highest BCUT2D eigenvalue weighted by Gasteiger charge is 2.35. The van der Waals surface area contributed by atoms with Crippen LogP contribution in [0.5, 0.6) is 0 Å². The molecule has 64 heavy (non-hydrogen) atoms. The highest BCUT2D eigenvalue weighted by molar-refractivity contribution is 8.76. The maximum Gasteiger partial charge on any atom is 0.407 e. The van der Waals surface area contributed by atoms with Gasteiger partial charge in [-0.15, -0.1) is 0 Å². The maximum absolute atomic E-state index is 13.7. The number of rotatable bonds is 21. The summed E-state index contributed by atoms with van der Waals surface area (Å²) in [5.41, 5.74) is 8.17. The predicted molar refractivity (Wildman–Crippen MR) is 247 cm³/mol. The molecule has 6 rings (SSSR count). The zero-order chi connectivity index (χ0) is 45.9. The van der Waals surface area contributed by atoms with E-state index in [-0.39, 0.29) is 36.6 Å². The molecule has 0 saturated heterocycles. The highest BCUT2D eigenvalue weighted by Crippen LogP contribution is 2.45. The third-order valence-electron chi connectivity index (χ3n) is 12.0. The molecule has 0 aromatic heterocycles. The Labute approximate surface area is 380 Å². The number of carboxylic acid groups (broad SMARTS) is 2. The number of carboxylic acids is 2. The molecule has 338 valence electrons. The van der Waals surface area contributed by atoms with Crippen LogP contribution >= 0.6 is 21.6 Å². The van der Waals surface area contributed by atoms with Crippen LogP contribution in [0, 0.1) is 11.8 Å². The molecule has 0 heterocycles. The first-order valence-corrected chi connectivity index (χ1v) is 23.8. The molecular formula is C48H54N4O10S2. The Morgan fingerprint density at radius 1 is 0.516 bits per heavy atom. The van der Waals surface area contributed by atoms with Gasteiger partial charge in [0.25, 0.3) is 0 Å². The summed E-state index contributed by atoms with van der Waals surface area (Å²) in [6.45, 7) is 6.96. The van der Waals surface area contributed by atoms with E-state index < -0.39 is 71.9 Å². The SMILES string of the molecule is CCC(C)C(NC(=O)C(CSSCC(NC(=O)OCC1c2ccccc2-c2ccccc21)C(=O)NC(C(=O)O)C(C)CC)NC(=O)OCC1c2ccccc2-c2ccccc21)C(=O)O. The first kappa shape index (κ1) is 47.5. The van der Waals surface area contributed by atoms with Gasteiger partial charge in [0.05, 0.1) is 0 Å². The Hall–Kier alpha value is -6.00. The number of carbonyl (C=O) groups is 6. The Morgan fingerprint density at radius 3 is 1.09 bits per heavy atom. The summed E-state index contributed by atoms with van der Waals surface area (Å²) in [6, 6.07) is 26.4. The van der Waals surface area contributed by atoms with Crippen LogP contribution in [0.4, 0.5) is 9.59 Å². The van der Waals surface area contributed by atoms with Crippen LogP contribution in [-0.4, -0.2) is 95.0 Å². The second kappa shape index (κ2) is 22.1. The zero-order valence-corrected chi connectivity index (χ0v) is 37.7. The van der Waals surface area contributed by atoms with Crippen molar-refractivity contribution in [2.24, 2.45) is 11.8 Å². The van der Waals surface area contributed by atoms with E-state index in [4.69, 9.17) is 9.47 Å². The van der Waals surface area contributed by atoms with Crippen LogP contribution < -0.4 is 21.3 Å². The van der Waals surface area contributed by atoms with Crippen LogP contribution in [0.25, 0.3) is 22.3 Å². The van der Waals surface area contributed by atoms with Crippen molar-refractivity contribution in [3.8, 4) is 22.3 Å². The van der Waals surface area contributed by atoms with Crippen molar-refractivity contribution in [3.05, 3.63) is 119 Å². The summed E-state index contributed by atoms with van der Waals surface area (Å²) in [4.78, 5) is 78.7. The van der Waals surface area contributed by atoms with Gasteiger partial charge in [0.2, 0.25) is 11.8 Å². The summed E-state index contributed by atoms with van der Waals surface area (Å²) < 4.78 is 11.4. The van der Waals surface area contributed by atoms with Crippen molar-refractivity contribution >= 4 is 57.5 Å². The predicted octanol–water partition coefficient (Wildman–Crippen LogP) is 7.41. The number of nitrogens with one attached hydrogen (secondary N) is 4. The standard InChI is InChI=1S/C48H54N4O10S2/c1-5-27(3)41(45(55)56)51-43(53)39(49-47(59)61-23-37-33-19-11-7-15-29(33)30-16-8-12-20-34(30)37)25-63-64-26-40(44(54)52-42(46(57)58)28(4)6-2)50-48(60)62-24-38-35-21-13-9-17-31(35)32-18-10-14-22-36(32)38/h7-22,27-28,37-42H,5-6,23-26H2,1-4H3,(H,49,59)(H,50,60)(H,51,53)(H,52,54)(H,55,56)(H,57,58). The molecule has 16 heteroatoms. The lowest BCUT2D eigenvalue weighted by Crippen LogP contribution is -2.54. The molecule has 0 radical (unpaired) electrons. The Kier molecular flexibility index (Phi) is 16.4. The van der Waals surface area contributed by atoms with Crippen molar-refractivity contribution < 1.29 is 48.5 Å². The van der Waals surface area contributed by atoms with E-state index in [2.05, 4.69) is 21.3 Å². The molecule has 0 bridgehead atoms. The van der Waals surface area contributed by atoms with Crippen molar-refractivity contribution in [2.45, 2.75) is 76.5 Å². The molecule has 4 amide bonds. The first-order valence-electron chi connectivity index (χ1n) is 21.4. The lowest BCUT2D eigenvalue weighted by molar-refractivity contribution is -0.143. The van der Waals surface area contributed by atoms with E-state index in [0.29, 0.717) is 12.8 Å². The second-order valence-electron chi connectivity index (χ2n) is 16.0. The van der Waals surface area contributed by atoms with Crippen molar-refractivity contribution in [2.75, 3.05) is 24.7 Å². The van der Waals surface area contributed by atoms with E-state index in [1.54, 1.807) is 27.7 Å². The van der Waals surface area contributed by atoms with Crippen molar-refractivity contribution in [3.63, 3.8) is 0 Å². The number of alkyl carbamates (subject to hydrolysis) is 2. The van der Waals surface area contributed by atoms with Gasteiger partial charge in [-0.05, 0) is 56.3 Å². The normalized spacial score (nSPS) is 15.4. The molecule has 4 aromatic carbocycles. The molecule has 6 atom stereocenters. The van der Waals surface area contributed by atoms with Gasteiger partial charge in [0, 0.05) is 23.3 Å². The van der Waals surface area contributed by atoms with Gasteiger partial charge >= 0.3 is 24.1 Å². The second-order valence-corrected chi connectivity index (χ2v) is 18.6. The average molecular weight is 911 g/mol. The van der Waals surface area contributed by atoms with Crippen LogP contribution in [0.2, 0.25) is 0 Å². The van der Waals surface area contributed by atoms with E-state index in [1.165, 1.54) is 0 Å². The minimum absolute atomic E-state index is 0.0208. The van der Waals surface area contributed by atoms with Crippen LogP contribution in [0.1, 0.15) is 74.6 Å². The van der Waals surface area contributed by atoms with Gasteiger partial charge in [-0.2, -0.15) is 0 Å². The highest BCUT2D eigenvalue weighted by atomic mass is 33.1. The number of fused-ring (bicyclic) bond motifs is 6. The lowest BCUT2D eigenvalue weighted by Gasteiger charge is -2.25. The number of hydrogen-bond donors (Lipinski definition) is 6. The Balaban J connectivity index is 1.13.